The third kappa shape index (κ3) is 3.19. The molecule has 3 rings (SSSR count). The minimum Gasteiger partial charge on any atom is -0.264 e. The molecule has 1 aliphatic carbocycles. The molecular weight excluding hydrogens is 266 g/mol. The number of pyridine rings is 1. The normalized spacial score (nSPS) is 13.5. The summed E-state index contributed by atoms with van der Waals surface area (Å²) in [6, 6.07) is 10.7. The van der Waals surface area contributed by atoms with Crippen molar-refractivity contribution < 1.29 is 0 Å². The number of hydrogen-bond donors (Lipinski definition) is 0. The predicted octanol–water partition coefficient (Wildman–Crippen LogP) is 5.47. The third-order valence-electron chi connectivity index (χ3n) is 4.58. The molecular formula is C21H23N. The van der Waals surface area contributed by atoms with Crippen LogP contribution in [0.15, 0.2) is 55.9 Å². The molecule has 1 nitrogen and oxygen atoms in total. The Morgan fingerprint density at radius 3 is 2.59 bits per heavy atom. The van der Waals surface area contributed by atoms with Crippen molar-refractivity contribution in [1.29, 1.82) is 0 Å². The SMILES string of the molecule is C=C(CCC(=C)c1cccc2c1CCCC2)c1cccnc1. The summed E-state index contributed by atoms with van der Waals surface area (Å²) in [6.07, 6.45) is 10.6. The number of rotatable bonds is 5. The van der Waals surface area contributed by atoms with Crippen LogP contribution in [0.4, 0.5) is 0 Å². The maximum absolute atomic E-state index is 4.34. The Morgan fingerprint density at radius 1 is 0.955 bits per heavy atom. The lowest BCUT2D eigenvalue weighted by Gasteiger charge is -2.20. The quantitative estimate of drug-likeness (QED) is 0.711. The molecule has 0 saturated carbocycles. The maximum Gasteiger partial charge on any atom is 0.0342 e. The van der Waals surface area contributed by atoms with Gasteiger partial charge in [-0.15, -0.1) is 0 Å². The Labute approximate surface area is 133 Å². The molecule has 1 aliphatic rings. The molecule has 0 aliphatic heterocycles. The summed E-state index contributed by atoms with van der Waals surface area (Å²) in [5.74, 6) is 0. The number of allylic oxidation sites excluding steroid dienone is 2. The number of benzene rings is 1. The van der Waals surface area contributed by atoms with Crippen molar-refractivity contribution in [3.8, 4) is 0 Å². The van der Waals surface area contributed by atoms with Crippen LogP contribution in [0.2, 0.25) is 0 Å². The summed E-state index contributed by atoms with van der Waals surface area (Å²) >= 11 is 0. The largest absolute Gasteiger partial charge is 0.264 e. The second-order valence-corrected chi connectivity index (χ2v) is 6.10. The predicted molar refractivity (Wildman–Crippen MR) is 94.6 cm³/mol. The number of hydrogen-bond acceptors (Lipinski definition) is 1. The minimum atomic E-state index is 0.939. The van der Waals surface area contributed by atoms with Crippen molar-refractivity contribution in [2.75, 3.05) is 0 Å². The molecule has 1 heteroatoms. The number of aromatic nitrogens is 1. The summed E-state index contributed by atoms with van der Waals surface area (Å²) in [6.45, 7) is 8.54. The maximum atomic E-state index is 4.34. The van der Waals surface area contributed by atoms with Crippen LogP contribution in [-0.4, -0.2) is 4.98 Å². The van der Waals surface area contributed by atoms with Crippen LogP contribution in [0.25, 0.3) is 11.1 Å². The van der Waals surface area contributed by atoms with E-state index >= 15 is 0 Å². The summed E-state index contributed by atoms with van der Waals surface area (Å²) in [5, 5.41) is 0. The van der Waals surface area contributed by atoms with Crippen molar-refractivity contribution in [1.82, 2.24) is 4.98 Å². The van der Waals surface area contributed by atoms with E-state index in [2.05, 4.69) is 42.4 Å². The van der Waals surface area contributed by atoms with Crippen LogP contribution in [0, 0.1) is 0 Å². The topological polar surface area (TPSA) is 12.9 Å². The van der Waals surface area contributed by atoms with Crippen molar-refractivity contribution in [2.24, 2.45) is 0 Å². The van der Waals surface area contributed by atoms with Crippen LogP contribution >= 0.6 is 0 Å². The molecule has 0 bridgehead atoms. The van der Waals surface area contributed by atoms with E-state index < -0.39 is 0 Å². The summed E-state index contributed by atoms with van der Waals surface area (Å²) in [7, 11) is 0. The first kappa shape index (κ1) is 14.8. The summed E-state index contributed by atoms with van der Waals surface area (Å²) in [4.78, 5) is 4.17. The smallest absolute Gasteiger partial charge is 0.0342 e. The average Bonchev–Trinajstić information content (AvgIpc) is 2.59. The Bertz CT molecular complexity index is 682. The van der Waals surface area contributed by atoms with Gasteiger partial charge in [0.1, 0.15) is 0 Å². The van der Waals surface area contributed by atoms with Gasteiger partial charge in [0, 0.05) is 12.4 Å². The van der Waals surface area contributed by atoms with Gasteiger partial charge in [-0.1, -0.05) is 37.4 Å². The molecule has 2 aromatic rings. The van der Waals surface area contributed by atoms with Crippen molar-refractivity contribution in [3.63, 3.8) is 0 Å². The number of nitrogens with zero attached hydrogens (tertiary/aromatic N) is 1. The molecule has 0 spiro atoms. The van der Waals surface area contributed by atoms with E-state index in [0.29, 0.717) is 0 Å². The lowest BCUT2D eigenvalue weighted by atomic mass is 9.85. The van der Waals surface area contributed by atoms with Gasteiger partial charge in [-0.2, -0.15) is 0 Å². The molecule has 22 heavy (non-hydrogen) atoms. The van der Waals surface area contributed by atoms with Gasteiger partial charge in [-0.05, 0) is 78.0 Å². The first-order valence-electron chi connectivity index (χ1n) is 8.13. The highest BCUT2D eigenvalue weighted by Crippen LogP contribution is 2.31. The van der Waals surface area contributed by atoms with Crippen LogP contribution in [0.1, 0.15) is 47.9 Å². The molecule has 0 unspecified atom stereocenters. The Balaban J connectivity index is 1.69. The number of aryl methyl sites for hydroxylation is 1. The van der Waals surface area contributed by atoms with E-state index in [-0.39, 0.29) is 0 Å². The fourth-order valence-electron chi connectivity index (χ4n) is 3.27. The monoisotopic (exact) mass is 289 g/mol. The molecule has 0 N–H and O–H groups in total. The molecule has 1 aromatic heterocycles. The Kier molecular flexibility index (Phi) is 4.53. The highest BCUT2D eigenvalue weighted by molar-refractivity contribution is 5.71. The van der Waals surface area contributed by atoms with E-state index in [1.807, 2.05) is 12.3 Å². The van der Waals surface area contributed by atoms with E-state index in [1.54, 1.807) is 6.20 Å². The van der Waals surface area contributed by atoms with E-state index in [4.69, 9.17) is 0 Å². The highest BCUT2D eigenvalue weighted by atomic mass is 14.6. The Morgan fingerprint density at radius 2 is 1.77 bits per heavy atom. The summed E-state index contributed by atoms with van der Waals surface area (Å²) < 4.78 is 0. The number of fused-ring (bicyclic) bond motifs is 1. The highest BCUT2D eigenvalue weighted by Gasteiger charge is 2.14. The standard InChI is InChI=1S/C21H23N/c1-16(19-9-6-14-22-15-19)12-13-17(2)20-11-5-8-18-7-3-4-10-21(18)20/h5-6,8-9,11,14-15H,1-4,7,10,12-13H2. The zero-order chi connectivity index (χ0) is 15.4. The average molecular weight is 289 g/mol. The first-order chi connectivity index (χ1) is 10.8. The lowest BCUT2D eigenvalue weighted by molar-refractivity contribution is 0.684. The van der Waals surface area contributed by atoms with Crippen molar-refractivity contribution in [2.45, 2.75) is 38.5 Å². The fraction of sp³-hybridized carbons (Fsp3) is 0.286. The molecule has 112 valence electrons. The fourth-order valence-corrected chi connectivity index (χ4v) is 3.27. The van der Waals surface area contributed by atoms with Gasteiger partial charge < -0.3 is 0 Å². The second kappa shape index (κ2) is 6.74. The molecule has 0 radical (unpaired) electrons. The van der Waals surface area contributed by atoms with Crippen LogP contribution in [0.5, 0.6) is 0 Å². The van der Waals surface area contributed by atoms with Gasteiger partial charge in [0.15, 0.2) is 0 Å². The van der Waals surface area contributed by atoms with E-state index in [1.165, 1.54) is 47.9 Å². The molecule has 1 aromatic carbocycles. The van der Waals surface area contributed by atoms with Gasteiger partial charge in [-0.3, -0.25) is 4.98 Å². The van der Waals surface area contributed by atoms with Crippen LogP contribution in [0.3, 0.4) is 0 Å². The lowest BCUT2D eigenvalue weighted by Crippen LogP contribution is -2.05. The minimum absolute atomic E-state index is 0.939. The van der Waals surface area contributed by atoms with E-state index in [9.17, 15) is 0 Å². The van der Waals surface area contributed by atoms with Gasteiger partial charge in [0.25, 0.3) is 0 Å². The molecule has 1 heterocycles. The summed E-state index contributed by atoms with van der Waals surface area (Å²) in [5.41, 5.74) is 7.94. The van der Waals surface area contributed by atoms with Crippen LogP contribution < -0.4 is 0 Å². The first-order valence-corrected chi connectivity index (χ1v) is 8.13. The van der Waals surface area contributed by atoms with E-state index in [0.717, 1.165) is 24.0 Å². The van der Waals surface area contributed by atoms with Crippen LogP contribution in [-0.2, 0) is 12.8 Å². The molecule has 0 saturated heterocycles. The second-order valence-electron chi connectivity index (χ2n) is 6.10. The molecule has 0 fully saturated rings. The zero-order valence-electron chi connectivity index (χ0n) is 13.1. The third-order valence-corrected chi connectivity index (χ3v) is 4.58. The van der Waals surface area contributed by atoms with Crippen molar-refractivity contribution in [3.05, 3.63) is 78.1 Å². The van der Waals surface area contributed by atoms with Crippen molar-refractivity contribution >= 4 is 11.1 Å². The van der Waals surface area contributed by atoms with Gasteiger partial charge in [0.05, 0.1) is 0 Å². The molecule has 0 atom stereocenters. The molecule has 0 amide bonds. The zero-order valence-corrected chi connectivity index (χ0v) is 13.1. The van der Waals surface area contributed by atoms with Gasteiger partial charge >= 0.3 is 0 Å². The van der Waals surface area contributed by atoms with Gasteiger partial charge in [-0.25, -0.2) is 0 Å². The Hall–Kier alpha value is -2.15. The van der Waals surface area contributed by atoms with Gasteiger partial charge in [0.2, 0.25) is 0 Å².